The molecule has 0 spiro atoms. The van der Waals surface area contributed by atoms with Crippen molar-refractivity contribution in [3.05, 3.63) is 29.8 Å². The van der Waals surface area contributed by atoms with Crippen molar-refractivity contribution in [2.75, 3.05) is 46.1 Å². The van der Waals surface area contributed by atoms with Gasteiger partial charge in [-0.3, -0.25) is 9.69 Å². The van der Waals surface area contributed by atoms with Gasteiger partial charge >= 0.3 is 0 Å². The van der Waals surface area contributed by atoms with Crippen molar-refractivity contribution < 1.29 is 28.2 Å². The monoisotopic (exact) mass is 402 g/mol. The van der Waals surface area contributed by atoms with Crippen LogP contribution in [0.5, 0.6) is 5.75 Å². The van der Waals surface area contributed by atoms with E-state index in [9.17, 15) is 13.5 Å². The van der Waals surface area contributed by atoms with E-state index in [-0.39, 0.29) is 18.1 Å². The molecule has 0 amide bonds. The average molecular weight is 403 g/mol. The van der Waals surface area contributed by atoms with Gasteiger partial charge in [0.25, 0.3) is 6.47 Å². The Labute approximate surface area is 161 Å². The zero-order valence-corrected chi connectivity index (χ0v) is 16.9. The van der Waals surface area contributed by atoms with Crippen LogP contribution in [0, 0.1) is 5.92 Å². The van der Waals surface area contributed by atoms with Crippen LogP contribution in [0.3, 0.4) is 0 Å². The van der Waals surface area contributed by atoms with Gasteiger partial charge in [0, 0.05) is 39.6 Å². The predicted molar refractivity (Wildman–Crippen MR) is 103 cm³/mol. The van der Waals surface area contributed by atoms with Gasteiger partial charge < -0.3 is 14.9 Å². The van der Waals surface area contributed by atoms with E-state index in [1.807, 2.05) is 18.2 Å². The summed E-state index contributed by atoms with van der Waals surface area (Å²) in [6.45, 7) is 4.11. The van der Waals surface area contributed by atoms with Gasteiger partial charge in [0.05, 0.1) is 11.9 Å². The minimum Gasteiger partial charge on any atom is -0.492 e. The van der Waals surface area contributed by atoms with Gasteiger partial charge in [-0.05, 0) is 18.1 Å². The largest absolute Gasteiger partial charge is 0.492 e. The summed E-state index contributed by atoms with van der Waals surface area (Å²) in [6, 6.07) is 7.97. The Morgan fingerprint density at radius 1 is 1.30 bits per heavy atom. The summed E-state index contributed by atoms with van der Waals surface area (Å²) in [5.74, 6) is 0.629. The summed E-state index contributed by atoms with van der Waals surface area (Å²) in [5.41, 5.74) is 1.17. The molecule has 27 heavy (non-hydrogen) atoms. The van der Waals surface area contributed by atoms with Crippen molar-refractivity contribution in [1.82, 2.24) is 9.21 Å². The third-order valence-corrected chi connectivity index (χ3v) is 6.44. The molecular weight excluding hydrogens is 372 g/mol. The van der Waals surface area contributed by atoms with Gasteiger partial charge in [-0.1, -0.05) is 25.1 Å². The second-order valence-corrected chi connectivity index (χ2v) is 8.79. The van der Waals surface area contributed by atoms with Crippen LogP contribution in [-0.2, 0) is 21.2 Å². The van der Waals surface area contributed by atoms with E-state index in [1.165, 1.54) is 24.0 Å². The Morgan fingerprint density at radius 2 is 1.93 bits per heavy atom. The number of ether oxygens (including phenoxy) is 1. The van der Waals surface area contributed by atoms with Crippen molar-refractivity contribution in [3.8, 4) is 5.75 Å². The molecule has 1 aliphatic rings. The Bertz CT molecular complexity index is 680. The Morgan fingerprint density at radius 3 is 2.52 bits per heavy atom. The fourth-order valence-corrected chi connectivity index (χ4v) is 4.10. The maximum Gasteiger partial charge on any atom is 0.290 e. The summed E-state index contributed by atoms with van der Waals surface area (Å²) in [7, 11) is -0.252. The first-order chi connectivity index (χ1) is 12.7. The summed E-state index contributed by atoms with van der Waals surface area (Å²) < 4.78 is 31.0. The van der Waals surface area contributed by atoms with Crippen LogP contribution < -0.4 is 4.74 Å². The highest BCUT2D eigenvalue weighted by atomic mass is 32.2. The number of para-hydroxylation sites is 1. The van der Waals surface area contributed by atoms with Gasteiger partial charge in [0.2, 0.25) is 10.0 Å². The lowest BCUT2D eigenvalue weighted by Gasteiger charge is -2.18. The molecule has 154 valence electrons. The lowest BCUT2D eigenvalue weighted by molar-refractivity contribution is -0.122. The van der Waals surface area contributed by atoms with Crippen molar-refractivity contribution in [1.29, 1.82) is 0 Å². The van der Waals surface area contributed by atoms with Crippen molar-refractivity contribution in [3.63, 3.8) is 0 Å². The first-order valence-electron chi connectivity index (χ1n) is 8.84. The number of β-amino-alcohol motifs (C(OH)–C–C–N with tert-alkyl or cyclic N) is 1. The van der Waals surface area contributed by atoms with Crippen LogP contribution in [0.2, 0.25) is 0 Å². The van der Waals surface area contributed by atoms with E-state index in [1.54, 1.807) is 0 Å². The molecule has 0 radical (unpaired) electrons. The predicted octanol–water partition coefficient (Wildman–Crippen LogP) is 0.513. The van der Waals surface area contributed by atoms with Crippen LogP contribution in [0.4, 0.5) is 0 Å². The number of benzene rings is 1. The standard InChI is InChI=1S/C17H28N2O4S.CH2O2/c1-4-14-7-5-6-8-17(14)23-10-9-19-11-15(16(20)12-19)13-24(21,22)18(2)3;2-1-3/h5-8,15-16,20H,4,9-13H2,1-3H3;1H,(H,2,3)/t15-,16-;/m0./s1. The van der Waals surface area contributed by atoms with Gasteiger partial charge in [-0.2, -0.15) is 0 Å². The third kappa shape index (κ3) is 7.45. The summed E-state index contributed by atoms with van der Waals surface area (Å²) in [4.78, 5) is 10.4. The molecule has 1 saturated heterocycles. The number of hydrogen-bond donors (Lipinski definition) is 2. The number of aliphatic hydroxyl groups excluding tert-OH is 1. The number of sulfonamides is 1. The highest BCUT2D eigenvalue weighted by Gasteiger charge is 2.35. The fourth-order valence-electron chi connectivity index (χ4n) is 2.93. The van der Waals surface area contributed by atoms with Crippen LogP contribution in [0.15, 0.2) is 24.3 Å². The van der Waals surface area contributed by atoms with Crippen LogP contribution in [-0.4, -0.2) is 86.5 Å². The molecule has 1 aromatic rings. The molecule has 0 saturated carbocycles. The van der Waals surface area contributed by atoms with Crippen molar-refractivity contribution in [2.24, 2.45) is 5.92 Å². The van der Waals surface area contributed by atoms with Crippen LogP contribution in [0.1, 0.15) is 12.5 Å². The molecule has 1 heterocycles. The number of rotatable bonds is 8. The zero-order chi connectivity index (χ0) is 20.4. The van der Waals surface area contributed by atoms with E-state index in [0.29, 0.717) is 26.2 Å². The Kier molecular flexibility index (Phi) is 9.71. The SMILES string of the molecule is CCc1ccccc1OCCN1C[C@@H](CS(=O)(=O)N(C)C)[C@@H](O)C1.O=CO. The van der Waals surface area contributed by atoms with E-state index < -0.39 is 16.1 Å². The molecule has 2 atom stereocenters. The summed E-state index contributed by atoms with van der Waals surface area (Å²) in [5, 5.41) is 17.0. The topological polar surface area (TPSA) is 107 Å². The number of carbonyl (C=O) groups is 1. The maximum absolute atomic E-state index is 12.0. The van der Waals surface area contributed by atoms with E-state index in [0.717, 1.165) is 12.2 Å². The molecule has 0 unspecified atom stereocenters. The lowest BCUT2D eigenvalue weighted by atomic mass is 10.1. The normalized spacial score (nSPS) is 20.2. The number of likely N-dealkylation sites (tertiary alicyclic amines) is 1. The number of nitrogens with zero attached hydrogens (tertiary/aromatic N) is 2. The number of aryl methyl sites for hydroxylation is 1. The number of aliphatic hydroxyl groups is 1. The van der Waals surface area contributed by atoms with Gasteiger partial charge in [0.1, 0.15) is 12.4 Å². The first kappa shape index (κ1) is 23.4. The molecule has 0 aliphatic carbocycles. The molecule has 9 heteroatoms. The van der Waals surface area contributed by atoms with Gasteiger partial charge in [0.15, 0.2) is 0 Å². The van der Waals surface area contributed by atoms with Crippen LogP contribution in [0.25, 0.3) is 0 Å². The minimum absolute atomic E-state index is 0.0167. The minimum atomic E-state index is -3.30. The highest BCUT2D eigenvalue weighted by molar-refractivity contribution is 7.89. The smallest absolute Gasteiger partial charge is 0.290 e. The second-order valence-electron chi connectivity index (χ2n) is 6.56. The number of carboxylic acid groups (broad SMARTS) is 1. The average Bonchev–Trinajstić information content (AvgIpc) is 2.95. The summed E-state index contributed by atoms with van der Waals surface area (Å²) in [6.07, 6.45) is 0.311. The highest BCUT2D eigenvalue weighted by Crippen LogP contribution is 2.21. The quantitative estimate of drug-likeness (QED) is 0.610. The van der Waals surface area contributed by atoms with Gasteiger partial charge in [-0.25, -0.2) is 12.7 Å². The van der Waals surface area contributed by atoms with E-state index in [4.69, 9.17) is 14.6 Å². The van der Waals surface area contributed by atoms with Crippen LogP contribution >= 0.6 is 0 Å². The van der Waals surface area contributed by atoms with Gasteiger partial charge in [-0.15, -0.1) is 0 Å². The maximum atomic E-state index is 12.0. The van der Waals surface area contributed by atoms with E-state index in [2.05, 4.69) is 17.9 Å². The first-order valence-corrected chi connectivity index (χ1v) is 10.4. The van der Waals surface area contributed by atoms with Crippen molar-refractivity contribution >= 4 is 16.5 Å². The number of hydrogen-bond acceptors (Lipinski definition) is 6. The summed E-state index contributed by atoms with van der Waals surface area (Å²) >= 11 is 0. The second kappa shape index (κ2) is 11.2. The lowest BCUT2D eigenvalue weighted by Crippen LogP contribution is -2.33. The fraction of sp³-hybridized carbons (Fsp3) is 0.611. The third-order valence-electron chi connectivity index (χ3n) is 4.48. The van der Waals surface area contributed by atoms with Crippen molar-refractivity contribution in [2.45, 2.75) is 19.4 Å². The molecule has 1 aromatic carbocycles. The molecule has 1 fully saturated rings. The molecule has 8 nitrogen and oxygen atoms in total. The Hall–Kier alpha value is -1.68. The van der Waals surface area contributed by atoms with E-state index >= 15 is 0 Å². The molecule has 0 aromatic heterocycles. The molecule has 2 rings (SSSR count). The zero-order valence-electron chi connectivity index (χ0n) is 16.1. The Balaban J connectivity index is 0.00000114. The molecule has 2 N–H and O–H groups in total. The molecular formula is C18H30N2O6S. The molecule has 1 aliphatic heterocycles. The molecule has 0 bridgehead atoms.